The lowest BCUT2D eigenvalue weighted by molar-refractivity contribution is 0.0977. The molecule has 4 rings (SSSR count). The molecule has 0 unspecified atom stereocenters. The van der Waals surface area contributed by atoms with Crippen molar-refractivity contribution in [1.29, 1.82) is 0 Å². The van der Waals surface area contributed by atoms with Crippen molar-refractivity contribution in [3.8, 4) is 23.0 Å². The number of ether oxygens (including phenoxy) is 1. The lowest BCUT2D eigenvalue weighted by Gasteiger charge is -2.11. The number of carbonyl (C=O) groups excluding carboxylic acids is 1. The number of fused-ring (bicyclic) bond motifs is 1. The minimum atomic E-state index is -0.381. The van der Waals surface area contributed by atoms with Gasteiger partial charge in [-0.05, 0) is 70.6 Å². The molecule has 0 aliphatic heterocycles. The molecule has 156 valence electrons. The molecule has 3 aromatic carbocycles. The molecule has 0 bridgehead atoms. The van der Waals surface area contributed by atoms with E-state index in [1.54, 1.807) is 43.5 Å². The summed E-state index contributed by atoms with van der Waals surface area (Å²) in [4.78, 5) is 16.8. The van der Waals surface area contributed by atoms with Crippen molar-refractivity contribution in [2.24, 2.45) is 0 Å². The summed E-state index contributed by atoms with van der Waals surface area (Å²) in [6, 6.07) is 17.1. The van der Waals surface area contributed by atoms with Crippen molar-refractivity contribution >= 4 is 56.0 Å². The Labute approximate surface area is 191 Å². The van der Waals surface area contributed by atoms with Gasteiger partial charge in [0, 0.05) is 17.3 Å². The van der Waals surface area contributed by atoms with E-state index in [9.17, 15) is 9.90 Å². The van der Waals surface area contributed by atoms with E-state index in [0.29, 0.717) is 44.0 Å². The van der Waals surface area contributed by atoms with Crippen LogP contribution in [0.25, 0.3) is 22.6 Å². The van der Waals surface area contributed by atoms with Crippen molar-refractivity contribution in [3.05, 3.63) is 70.7 Å². The fourth-order valence-electron chi connectivity index (χ4n) is 2.92. The molecule has 0 radical (unpaired) electrons. The van der Waals surface area contributed by atoms with Gasteiger partial charge >= 0.3 is 0 Å². The number of nitrogens with zero attached hydrogens (tertiary/aromatic N) is 1. The van der Waals surface area contributed by atoms with Gasteiger partial charge in [-0.3, -0.25) is 10.1 Å². The van der Waals surface area contributed by atoms with Gasteiger partial charge in [-0.15, -0.1) is 0 Å². The second-order valence-electron chi connectivity index (χ2n) is 6.48. The van der Waals surface area contributed by atoms with Gasteiger partial charge in [-0.2, -0.15) is 0 Å². The van der Waals surface area contributed by atoms with Crippen molar-refractivity contribution in [2.45, 2.75) is 0 Å². The van der Waals surface area contributed by atoms with Crippen LogP contribution >= 0.6 is 28.1 Å². The molecular formula is C22H16BrN3O4S. The van der Waals surface area contributed by atoms with Gasteiger partial charge in [0.15, 0.2) is 10.7 Å². The number of amides is 1. The second kappa shape index (κ2) is 8.75. The molecule has 4 aromatic rings. The first-order valence-electron chi connectivity index (χ1n) is 9.09. The first-order chi connectivity index (χ1) is 14.9. The number of phenols is 1. The third-order valence-electron chi connectivity index (χ3n) is 4.42. The zero-order valence-corrected chi connectivity index (χ0v) is 18.6. The van der Waals surface area contributed by atoms with Crippen LogP contribution in [0.2, 0.25) is 0 Å². The molecule has 1 heterocycles. The first kappa shape index (κ1) is 20.8. The molecule has 0 fully saturated rings. The van der Waals surface area contributed by atoms with E-state index in [0.717, 1.165) is 0 Å². The third kappa shape index (κ3) is 4.52. The molecule has 0 aliphatic rings. The zero-order valence-electron chi connectivity index (χ0n) is 16.2. The van der Waals surface area contributed by atoms with Gasteiger partial charge in [0.2, 0.25) is 5.89 Å². The predicted octanol–water partition coefficient (Wildman–Crippen LogP) is 5.10. The number of rotatable bonds is 4. The van der Waals surface area contributed by atoms with E-state index in [-0.39, 0.29) is 16.8 Å². The standard InChI is InChI=1S/C22H16BrN3O4S/c1-29-18-9-6-12(10-15(18)23)20(28)26-22(31)24-13-7-8-14(17(27)11-13)21-25-16-4-2-3-5-19(16)30-21/h2-11,27H,1H3,(H2,24,26,28,31). The number of thiocarbonyl (C=S) groups is 1. The number of nitrogens with one attached hydrogen (secondary N) is 2. The monoisotopic (exact) mass is 497 g/mol. The SMILES string of the molecule is COc1ccc(C(=O)NC(=S)Nc2ccc(-c3nc4ccccc4o3)c(O)c2)cc1Br. The highest BCUT2D eigenvalue weighted by atomic mass is 79.9. The Bertz CT molecular complexity index is 1270. The van der Waals surface area contributed by atoms with E-state index >= 15 is 0 Å². The molecule has 31 heavy (non-hydrogen) atoms. The normalized spacial score (nSPS) is 10.6. The summed E-state index contributed by atoms with van der Waals surface area (Å²) in [5.74, 6) is 0.510. The van der Waals surface area contributed by atoms with Crippen LogP contribution in [0.15, 0.2) is 69.6 Å². The molecule has 1 amide bonds. The van der Waals surface area contributed by atoms with Gasteiger partial charge in [0.25, 0.3) is 5.91 Å². The Morgan fingerprint density at radius 1 is 1.16 bits per heavy atom. The highest BCUT2D eigenvalue weighted by Gasteiger charge is 2.14. The van der Waals surface area contributed by atoms with Crippen molar-refractivity contribution in [3.63, 3.8) is 0 Å². The molecule has 0 atom stereocenters. The molecular weight excluding hydrogens is 482 g/mol. The van der Waals surface area contributed by atoms with Gasteiger partial charge in [0.05, 0.1) is 17.1 Å². The predicted molar refractivity (Wildman–Crippen MR) is 125 cm³/mol. The number of oxazole rings is 1. The van der Waals surface area contributed by atoms with Crippen molar-refractivity contribution in [2.75, 3.05) is 12.4 Å². The summed E-state index contributed by atoms with van der Waals surface area (Å²) in [5.41, 5.74) is 2.69. The number of aromatic hydroxyl groups is 1. The number of para-hydroxylation sites is 2. The number of carbonyl (C=O) groups is 1. The largest absolute Gasteiger partial charge is 0.507 e. The van der Waals surface area contributed by atoms with Crippen molar-refractivity contribution in [1.82, 2.24) is 10.3 Å². The Kier molecular flexibility index (Phi) is 5.88. The number of methoxy groups -OCH3 is 1. The van der Waals surface area contributed by atoms with Crippen LogP contribution in [0.3, 0.4) is 0 Å². The van der Waals surface area contributed by atoms with E-state index in [4.69, 9.17) is 21.4 Å². The molecule has 0 saturated heterocycles. The number of aromatic nitrogens is 1. The molecule has 9 heteroatoms. The van der Waals surface area contributed by atoms with Crippen molar-refractivity contribution < 1.29 is 19.1 Å². The van der Waals surface area contributed by atoms with Crippen LogP contribution < -0.4 is 15.4 Å². The summed E-state index contributed by atoms with van der Waals surface area (Å²) in [5, 5.41) is 16.0. The lowest BCUT2D eigenvalue weighted by atomic mass is 10.2. The van der Waals surface area contributed by atoms with Crippen LogP contribution in [0, 0.1) is 0 Å². The van der Waals surface area contributed by atoms with Crippen LogP contribution in [-0.2, 0) is 0 Å². The number of anilines is 1. The Morgan fingerprint density at radius 3 is 2.68 bits per heavy atom. The summed E-state index contributed by atoms with van der Waals surface area (Å²) in [7, 11) is 1.55. The average Bonchev–Trinajstić information content (AvgIpc) is 3.17. The number of benzene rings is 3. The van der Waals surface area contributed by atoms with E-state index in [2.05, 4.69) is 31.5 Å². The molecule has 0 aliphatic carbocycles. The average molecular weight is 498 g/mol. The van der Waals surface area contributed by atoms with Gasteiger partial charge < -0.3 is 19.6 Å². The summed E-state index contributed by atoms with van der Waals surface area (Å²) in [6.45, 7) is 0. The van der Waals surface area contributed by atoms with Crippen LogP contribution in [0.5, 0.6) is 11.5 Å². The smallest absolute Gasteiger partial charge is 0.257 e. The quantitative estimate of drug-likeness (QED) is 0.337. The van der Waals surface area contributed by atoms with Crippen LogP contribution in [0.1, 0.15) is 10.4 Å². The molecule has 7 nitrogen and oxygen atoms in total. The molecule has 3 N–H and O–H groups in total. The summed E-state index contributed by atoms with van der Waals surface area (Å²) >= 11 is 8.56. The van der Waals surface area contributed by atoms with Gasteiger partial charge in [0.1, 0.15) is 17.0 Å². The molecule has 0 spiro atoms. The van der Waals surface area contributed by atoms with E-state index < -0.39 is 0 Å². The first-order valence-corrected chi connectivity index (χ1v) is 10.3. The lowest BCUT2D eigenvalue weighted by Crippen LogP contribution is -2.34. The highest BCUT2D eigenvalue weighted by molar-refractivity contribution is 9.10. The van der Waals surface area contributed by atoms with E-state index in [1.807, 2.05) is 18.2 Å². The molecule has 1 aromatic heterocycles. The van der Waals surface area contributed by atoms with Gasteiger partial charge in [-0.1, -0.05) is 12.1 Å². The summed E-state index contributed by atoms with van der Waals surface area (Å²) < 4.78 is 11.5. The third-order valence-corrected chi connectivity index (χ3v) is 5.24. The van der Waals surface area contributed by atoms with Crippen LogP contribution in [-0.4, -0.2) is 28.2 Å². The Morgan fingerprint density at radius 2 is 1.97 bits per heavy atom. The number of hydrogen-bond acceptors (Lipinski definition) is 6. The fraction of sp³-hybridized carbons (Fsp3) is 0.0455. The number of hydrogen-bond donors (Lipinski definition) is 3. The van der Waals surface area contributed by atoms with Crippen LogP contribution in [0.4, 0.5) is 5.69 Å². The van der Waals surface area contributed by atoms with Gasteiger partial charge in [-0.25, -0.2) is 4.98 Å². The maximum absolute atomic E-state index is 12.4. The molecule has 0 saturated carbocycles. The Balaban J connectivity index is 1.45. The number of halogens is 1. The number of phenolic OH excluding ortho intramolecular Hbond substituents is 1. The summed E-state index contributed by atoms with van der Waals surface area (Å²) in [6.07, 6.45) is 0. The zero-order chi connectivity index (χ0) is 22.0. The Hall–Kier alpha value is -3.43. The maximum atomic E-state index is 12.4. The highest BCUT2D eigenvalue weighted by Crippen LogP contribution is 2.33. The fourth-order valence-corrected chi connectivity index (χ4v) is 3.67. The second-order valence-corrected chi connectivity index (χ2v) is 7.74. The minimum Gasteiger partial charge on any atom is -0.507 e. The minimum absolute atomic E-state index is 0.0373. The maximum Gasteiger partial charge on any atom is 0.257 e. The topological polar surface area (TPSA) is 96.6 Å². The van der Waals surface area contributed by atoms with E-state index in [1.165, 1.54) is 6.07 Å².